The van der Waals surface area contributed by atoms with E-state index in [1.54, 1.807) is 0 Å². The fourth-order valence-corrected chi connectivity index (χ4v) is 1.18. The van der Waals surface area contributed by atoms with Crippen LogP contribution in [0.1, 0.15) is 0 Å². The minimum atomic E-state index is -5.87. The van der Waals surface area contributed by atoms with Gasteiger partial charge < -0.3 is 29.5 Å². The van der Waals surface area contributed by atoms with Crippen molar-refractivity contribution in [2.75, 3.05) is 0 Å². The standard InChI is InChI=1S/C2H6O12S2.Ca/c3-1(4,13-15(7,8)9)2(5,6)14-16(10,11)12;/h3-6H,(H,7,8,9)(H,10,11,12);/q;+2/p-2. The largest absolute Gasteiger partial charge is 2.00 e. The average Bonchev–Trinajstić information content (AvgIpc) is 1.72. The molecule has 15 heteroatoms. The molecule has 17 heavy (non-hydrogen) atoms. The molecular formula is C2H4CaO12S2. The summed E-state index contributed by atoms with van der Waals surface area (Å²) >= 11 is 0. The Hall–Kier alpha value is 0.840. The third-order valence-electron chi connectivity index (χ3n) is 0.861. The van der Waals surface area contributed by atoms with E-state index in [0.717, 1.165) is 0 Å². The van der Waals surface area contributed by atoms with Crippen molar-refractivity contribution in [3.05, 3.63) is 0 Å². The van der Waals surface area contributed by atoms with Crippen LogP contribution in [0.25, 0.3) is 0 Å². The fourth-order valence-electron chi connectivity index (χ4n) is 0.393. The minimum absolute atomic E-state index is 0. The SMILES string of the molecule is O=S(=O)([O-])OC(O)(O)C(O)(O)OS(=O)(=O)[O-].[Ca+2]. The van der Waals surface area contributed by atoms with E-state index in [9.17, 15) is 25.9 Å². The molecule has 0 aliphatic rings. The van der Waals surface area contributed by atoms with Gasteiger partial charge in [-0.25, -0.2) is 25.2 Å². The zero-order valence-corrected chi connectivity index (χ0v) is 11.4. The molecular weight excluding hydrogens is 320 g/mol. The summed E-state index contributed by atoms with van der Waals surface area (Å²) in [6.07, 6.45) is 0. The summed E-state index contributed by atoms with van der Waals surface area (Å²) < 4.78 is 64.6. The van der Waals surface area contributed by atoms with Gasteiger partial charge in [0.15, 0.2) is 0 Å². The van der Waals surface area contributed by atoms with Gasteiger partial charge in [0.25, 0.3) is 0 Å². The molecule has 12 nitrogen and oxygen atoms in total. The molecule has 0 amide bonds. The van der Waals surface area contributed by atoms with Crippen LogP contribution in [0.4, 0.5) is 0 Å². The van der Waals surface area contributed by atoms with Crippen LogP contribution in [0.15, 0.2) is 0 Å². The van der Waals surface area contributed by atoms with Crippen LogP contribution in [0, 0.1) is 0 Å². The van der Waals surface area contributed by atoms with Crippen LogP contribution in [-0.4, -0.2) is 96.1 Å². The van der Waals surface area contributed by atoms with Crippen molar-refractivity contribution in [3.63, 3.8) is 0 Å². The second kappa shape index (κ2) is 5.87. The monoisotopic (exact) mass is 324 g/mol. The molecule has 0 saturated heterocycles. The zero-order valence-electron chi connectivity index (χ0n) is 7.58. The van der Waals surface area contributed by atoms with E-state index < -0.39 is 32.7 Å². The van der Waals surface area contributed by atoms with E-state index in [1.165, 1.54) is 0 Å². The van der Waals surface area contributed by atoms with E-state index in [0.29, 0.717) is 0 Å². The molecule has 0 bridgehead atoms. The van der Waals surface area contributed by atoms with Gasteiger partial charge in [0, 0.05) is 0 Å². The third kappa shape index (κ3) is 7.77. The number of rotatable bonds is 5. The summed E-state index contributed by atoms with van der Waals surface area (Å²) in [5.74, 6) is -9.41. The van der Waals surface area contributed by atoms with Gasteiger partial charge in [-0.2, -0.15) is 0 Å². The molecule has 4 N–H and O–H groups in total. The quantitative estimate of drug-likeness (QED) is 0.161. The molecule has 0 aromatic carbocycles. The predicted octanol–water partition coefficient (Wildman–Crippen LogP) is -5.16. The molecule has 0 spiro atoms. The topological polar surface area (TPSA) is 214 Å². The molecule has 0 atom stereocenters. The van der Waals surface area contributed by atoms with Crippen LogP contribution >= 0.6 is 0 Å². The predicted molar refractivity (Wildman–Crippen MR) is 41.7 cm³/mol. The van der Waals surface area contributed by atoms with Crippen molar-refractivity contribution >= 4 is 58.5 Å². The van der Waals surface area contributed by atoms with E-state index >= 15 is 0 Å². The van der Waals surface area contributed by atoms with Crippen molar-refractivity contribution in [3.8, 4) is 0 Å². The Bertz CT molecular complexity index is 399. The summed E-state index contributed by atoms with van der Waals surface area (Å²) in [6.45, 7) is 0. The molecule has 0 aromatic rings. The third-order valence-corrected chi connectivity index (χ3v) is 1.73. The molecule has 0 saturated carbocycles. The Morgan fingerprint density at radius 3 is 1.06 bits per heavy atom. The van der Waals surface area contributed by atoms with Gasteiger partial charge in [-0.1, -0.05) is 0 Å². The van der Waals surface area contributed by atoms with Crippen molar-refractivity contribution in [2.24, 2.45) is 0 Å². The molecule has 0 unspecified atom stereocenters. The molecule has 0 heterocycles. The molecule has 0 aliphatic heterocycles. The van der Waals surface area contributed by atoms with Gasteiger partial charge in [-0.05, 0) is 0 Å². The van der Waals surface area contributed by atoms with Gasteiger partial charge in [-0.3, -0.25) is 0 Å². The second-order valence-electron chi connectivity index (χ2n) is 2.20. The second-order valence-corrected chi connectivity index (χ2v) is 4.17. The molecule has 0 aliphatic carbocycles. The van der Waals surface area contributed by atoms with Gasteiger partial charge in [0.05, 0.1) is 0 Å². The van der Waals surface area contributed by atoms with Crippen LogP contribution in [0.2, 0.25) is 0 Å². The fraction of sp³-hybridized carbons (Fsp3) is 1.00. The summed E-state index contributed by atoms with van der Waals surface area (Å²) in [6, 6.07) is 0. The molecule has 98 valence electrons. The number of aliphatic hydroxyl groups is 4. The summed E-state index contributed by atoms with van der Waals surface area (Å²) in [5.41, 5.74) is 0. The maximum absolute atomic E-state index is 9.86. The van der Waals surface area contributed by atoms with Gasteiger partial charge in [-0.15, -0.1) is 0 Å². The van der Waals surface area contributed by atoms with Crippen molar-refractivity contribution < 1.29 is 54.7 Å². The Balaban J connectivity index is 0. The van der Waals surface area contributed by atoms with E-state index in [4.69, 9.17) is 20.4 Å². The molecule has 0 aromatic heterocycles. The van der Waals surface area contributed by atoms with Crippen molar-refractivity contribution in [1.82, 2.24) is 0 Å². The van der Waals surface area contributed by atoms with Crippen molar-refractivity contribution in [1.29, 1.82) is 0 Å². The Morgan fingerprint density at radius 2 is 0.941 bits per heavy atom. The first kappa shape index (κ1) is 20.2. The maximum atomic E-state index is 9.86. The van der Waals surface area contributed by atoms with E-state index in [1.807, 2.05) is 0 Å². The first-order chi connectivity index (χ1) is 6.66. The number of hydrogen-bond donors (Lipinski definition) is 4. The Morgan fingerprint density at radius 1 is 0.765 bits per heavy atom. The molecule has 0 fully saturated rings. The van der Waals surface area contributed by atoms with Gasteiger partial charge in [0.1, 0.15) is 0 Å². The average molecular weight is 324 g/mol. The van der Waals surface area contributed by atoms with Gasteiger partial charge in [0.2, 0.25) is 20.8 Å². The van der Waals surface area contributed by atoms with Crippen LogP contribution in [0.5, 0.6) is 0 Å². The summed E-state index contributed by atoms with van der Waals surface area (Å²) in [7, 11) is -11.7. The molecule has 0 radical (unpaired) electrons. The summed E-state index contributed by atoms with van der Waals surface area (Å²) in [5, 5.41) is 33.9. The smallest absolute Gasteiger partial charge is 0.725 e. The van der Waals surface area contributed by atoms with Gasteiger partial charge >= 0.3 is 49.7 Å². The van der Waals surface area contributed by atoms with Crippen LogP contribution in [-0.2, 0) is 29.2 Å². The maximum Gasteiger partial charge on any atom is 2.00 e. The first-order valence-corrected chi connectivity index (χ1v) is 5.55. The minimum Gasteiger partial charge on any atom is -0.725 e. The first-order valence-electron chi connectivity index (χ1n) is 2.89. The zero-order chi connectivity index (χ0) is 13.4. The van der Waals surface area contributed by atoms with Crippen molar-refractivity contribution in [2.45, 2.75) is 11.9 Å². The Labute approximate surface area is 124 Å². The van der Waals surface area contributed by atoms with E-state index in [-0.39, 0.29) is 37.7 Å². The van der Waals surface area contributed by atoms with Crippen LogP contribution in [0.3, 0.4) is 0 Å². The van der Waals surface area contributed by atoms with E-state index in [2.05, 4.69) is 8.37 Å². The molecule has 0 rings (SSSR count). The van der Waals surface area contributed by atoms with Crippen LogP contribution < -0.4 is 0 Å². The normalized spacial score (nSPS) is 14.2. The number of hydrogen-bond acceptors (Lipinski definition) is 12. The Kier molecular flexibility index (Phi) is 6.96. The summed E-state index contributed by atoms with van der Waals surface area (Å²) in [4.78, 5) is 0.